The van der Waals surface area contributed by atoms with E-state index in [0.717, 1.165) is 18.7 Å². The molecule has 17 heavy (non-hydrogen) atoms. The largest absolute Gasteiger partial charge is 0.465 e. The second-order valence-corrected chi connectivity index (χ2v) is 4.21. The molecule has 1 saturated heterocycles. The van der Waals surface area contributed by atoms with Crippen molar-refractivity contribution >= 4 is 5.97 Å². The number of methoxy groups -OCH3 is 1. The van der Waals surface area contributed by atoms with Crippen LogP contribution in [0.2, 0.25) is 0 Å². The van der Waals surface area contributed by atoms with E-state index in [2.05, 4.69) is 10.1 Å². The number of nitrogens with one attached hydrogen (secondary N) is 1. The third-order valence-corrected chi connectivity index (χ3v) is 2.86. The van der Waals surface area contributed by atoms with Crippen LogP contribution >= 0.6 is 0 Å². The fraction of sp³-hybridized carbons (Fsp3) is 0.462. The molecule has 0 unspecified atom stereocenters. The Morgan fingerprint density at radius 2 is 2.06 bits per heavy atom. The van der Waals surface area contributed by atoms with Gasteiger partial charge in [0, 0.05) is 13.1 Å². The van der Waals surface area contributed by atoms with Crippen molar-refractivity contribution in [2.45, 2.75) is 19.1 Å². The molecular formula is C13H17NO3. The third kappa shape index (κ3) is 2.84. The Hall–Kier alpha value is -1.39. The summed E-state index contributed by atoms with van der Waals surface area (Å²) in [5.41, 5.74) is 1.64. The molecule has 1 aromatic rings. The molecule has 2 atom stereocenters. The zero-order chi connectivity index (χ0) is 12.3. The molecule has 0 aromatic heterocycles. The van der Waals surface area contributed by atoms with Gasteiger partial charge in [-0.2, -0.15) is 0 Å². The highest BCUT2D eigenvalue weighted by Crippen LogP contribution is 2.21. The standard InChI is InChI=1S/C13H17NO3/c1-9-7-14-8-12(17-9)10-3-5-11(6-4-10)13(15)16-2/h3-6,9,12,14H,7-8H2,1-2H3/t9-,12+/m1/s1. The van der Waals surface area contributed by atoms with E-state index < -0.39 is 0 Å². The minimum atomic E-state index is -0.312. The lowest BCUT2D eigenvalue weighted by atomic mass is 10.1. The molecule has 2 rings (SSSR count). The summed E-state index contributed by atoms with van der Waals surface area (Å²) in [6, 6.07) is 7.36. The molecule has 4 nitrogen and oxygen atoms in total. The van der Waals surface area contributed by atoms with Crippen molar-refractivity contribution in [3.05, 3.63) is 35.4 Å². The monoisotopic (exact) mass is 235 g/mol. The van der Waals surface area contributed by atoms with Crippen LogP contribution in [0.3, 0.4) is 0 Å². The molecule has 0 aliphatic carbocycles. The zero-order valence-corrected chi connectivity index (χ0v) is 10.1. The van der Waals surface area contributed by atoms with Gasteiger partial charge in [0.05, 0.1) is 24.9 Å². The van der Waals surface area contributed by atoms with E-state index in [9.17, 15) is 4.79 Å². The molecule has 1 heterocycles. The summed E-state index contributed by atoms with van der Waals surface area (Å²) in [7, 11) is 1.38. The minimum absolute atomic E-state index is 0.0606. The number of carbonyl (C=O) groups excluding carboxylic acids is 1. The van der Waals surface area contributed by atoms with Crippen molar-refractivity contribution < 1.29 is 14.3 Å². The van der Waals surface area contributed by atoms with Crippen LogP contribution in [0.1, 0.15) is 28.9 Å². The number of morpholine rings is 1. The van der Waals surface area contributed by atoms with Crippen LogP contribution in [0.4, 0.5) is 0 Å². The van der Waals surface area contributed by atoms with Gasteiger partial charge in [-0.25, -0.2) is 4.79 Å². The first kappa shape index (κ1) is 12.1. The summed E-state index contributed by atoms with van der Waals surface area (Å²) in [6.07, 6.45) is 0.277. The normalized spacial score (nSPS) is 24.4. The molecule has 0 amide bonds. The van der Waals surface area contributed by atoms with Crippen molar-refractivity contribution in [3.8, 4) is 0 Å². The Balaban J connectivity index is 2.09. The third-order valence-electron chi connectivity index (χ3n) is 2.86. The van der Waals surface area contributed by atoms with Crippen LogP contribution in [0.5, 0.6) is 0 Å². The first-order chi connectivity index (χ1) is 8.20. The molecule has 1 N–H and O–H groups in total. The quantitative estimate of drug-likeness (QED) is 0.790. The lowest BCUT2D eigenvalue weighted by Gasteiger charge is -2.29. The SMILES string of the molecule is COC(=O)c1ccc([C@@H]2CNC[C@@H](C)O2)cc1. The van der Waals surface area contributed by atoms with Gasteiger partial charge in [0.25, 0.3) is 0 Å². The van der Waals surface area contributed by atoms with E-state index in [1.165, 1.54) is 7.11 Å². The van der Waals surface area contributed by atoms with Crippen LogP contribution in [0, 0.1) is 0 Å². The fourth-order valence-electron chi connectivity index (χ4n) is 1.94. The molecule has 1 aromatic carbocycles. The molecule has 1 aliphatic heterocycles. The van der Waals surface area contributed by atoms with Gasteiger partial charge in [0.15, 0.2) is 0 Å². The molecular weight excluding hydrogens is 218 g/mol. The number of esters is 1. The van der Waals surface area contributed by atoms with Crippen LogP contribution in [0.25, 0.3) is 0 Å². The molecule has 0 radical (unpaired) electrons. The van der Waals surface area contributed by atoms with Crippen molar-refractivity contribution in [1.29, 1.82) is 0 Å². The maximum absolute atomic E-state index is 11.3. The highest BCUT2D eigenvalue weighted by molar-refractivity contribution is 5.89. The summed E-state index contributed by atoms with van der Waals surface area (Å²) >= 11 is 0. The van der Waals surface area contributed by atoms with Gasteiger partial charge >= 0.3 is 5.97 Å². The lowest BCUT2D eigenvalue weighted by molar-refractivity contribution is -0.0287. The summed E-state index contributed by atoms with van der Waals surface area (Å²) in [5.74, 6) is -0.312. The van der Waals surface area contributed by atoms with Gasteiger partial charge in [0.1, 0.15) is 0 Å². The molecule has 0 saturated carbocycles. The van der Waals surface area contributed by atoms with E-state index in [1.54, 1.807) is 12.1 Å². The predicted molar refractivity (Wildman–Crippen MR) is 63.9 cm³/mol. The molecule has 92 valence electrons. The highest BCUT2D eigenvalue weighted by Gasteiger charge is 2.20. The topological polar surface area (TPSA) is 47.6 Å². The Morgan fingerprint density at radius 1 is 1.35 bits per heavy atom. The van der Waals surface area contributed by atoms with Crippen LogP contribution < -0.4 is 5.32 Å². The number of benzene rings is 1. The van der Waals surface area contributed by atoms with Gasteiger partial charge in [-0.05, 0) is 24.6 Å². The minimum Gasteiger partial charge on any atom is -0.465 e. The van der Waals surface area contributed by atoms with Crippen molar-refractivity contribution in [2.24, 2.45) is 0 Å². The second-order valence-electron chi connectivity index (χ2n) is 4.21. The van der Waals surface area contributed by atoms with E-state index in [1.807, 2.05) is 19.1 Å². The molecule has 0 bridgehead atoms. The number of carbonyl (C=O) groups is 1. The predicted octanol–water partition coefficient (Wildman–Crippen LogP) is 1.52. The first-order valence-electron chi connectivity index (χ1n) is 5.75. The molecule has 4 heteroatoms. The van der Waals surface area contributed by atoms with Crippen LogP contribution in [-0.4, -0.2) is 32.3 Å². The van der Waals surface area contributed by atoms with Crippen LogP contribution in [0.15, 0.2) is 24.3 Å². The number of hydrogen-bond donors (Lipinski definition) is 1. The van der Waals surface area contributed by atoms with Gasteiger partial charge in [-0.3, -0.25) is 0 Å². The fourth-order valence-corrected chi connectivity index (χ4v) is 1.94. The maximum atomic E-state index is 11.3. The van der Waals surface area contributed by atoms with Gasteiger partial charge in [-0.15, -0.1) is 0 Å². The van der Waals surface area contributed by atoms with E-state index in [4.69, 9.17) is 4.74 Å². The first-order valence-corrected chi connectivity index (χ1v) is 5.75. The molecule has 1 fully saturated rings. The second kappa shape index (κ2) is 5.29. The van der Waals surface area contributed by atoms with Crippen molar-refractivity contribution in [3.63, 3.8) is 0 Å². The smallest absolute Gasteiger partial charge is 0.337 e. The Morgan fingerprint density at radius 3 is 2.65 bits per heavy atom. The Bertz CT molecular complexity index is 388. The summed E-state index contributed by atoms with van der Waals surface area (Å²) < 4.78 is 10.5. The van der Waals surface area contributed by atoms with Gasteiger partial charge in [0.2, 0.25) is 0 Å². The van der Waals surface area contributed by atoms with E-state index in [0.29, 0.717) is 5.56 Å². The van der Waals surface area contributed by atoms with Crippen molar-refractivity contribution in [2.75, 3.05) is 20.2 Å². The zero-order valence-electron chi connectivity index (χ0n) is 10.1. The summed E-state index contributed by atoms with van der Waals surface area (Å²) in [4.78, 5) is 11.3. The van der Waals surface area contributed by atoms with Gasteiger partial charge < -0.3 is 14.8 Å². The Kier molecular flexibility index (Phi) is 3.76. The number of ether oxygens (including phenoxy) is 2. The number of hydrogen-bond acceptors (Lipinski definition) is 4. The molecule has 0 spiro atoms. The van der Waals surface area contributed by atoms with Crippen LogP contribution in [-0.2, 0) is 9.47 Å². The highest BCUT2D eigenvalue weighted by atomic mass is 16.5. The summed E-state index contributed by atoms with van der Waals surface area (Å²) in [6.45, 7) is 3.74. The maximum Gasteiger partial charge on any atom is 0.337 e. The number of rotatable bonds is 2. The lowest BCUT2D eigenvalue weighted by Crippen LogP contribution is -2.38. The van der Waals surface area contributed by atoms with Crippen molar-refractivity contribution in [1.82, 2.24) is 5.32 Å². The Labute approximate surface area is 101 Å². The summed E-state index contributed by atoms with van der Waals surface area (Å²) in [5, 5.41) is 3.31. The average Bonchev–Trinajstić information content (AvgIpc) is 2.38. The van der Waals surface area contributed by atoms with Gasteiger partial charge in [-0.1, -0.05) is 12.1 Å². The average molecular weight is 235 g/mol. The molecule has 1 aliphatic rings. The van der Waals surface area contributed by atoms with E-state index in [-0.39, 0.29) is 18.2 Å². The van der Waals surface area contributed by atoms with E-state index >= 15 is 0 Å².